The summed E-state index contributed by atoms with van der Waals surface area (Å²) >= 11 is 0. The maximum Gasteiger partial charge on any atom is 0.472 e. The minimum Gasteiger partial charge on any atom is -0.462 e. The van der Waals surface area contributed by atoms with Gasteiger partial charge in [0.2, 0.25) is 0 Å². The number of unbranched alkanes of at least 4 members (excludes halogenated alkanes) is 17. The van der Waals surface area contributed by atoms with E-state index >= 15 is 0 Å². The molecule has 3 N–H and O–H groups in total. The Morgan fingerprint density at radius 1 is 0.562 bits per heavy atom. The molecule has 0 aliphatic heterocycles. The van der Waals surface area contributed by atoms with E-state index in [-0.39, 0.29) is 19.4 Å². The lowest BCUT2D eigenvalue weighted by Gasteiger charge is -2.20. The zero-order valence-corrected chi connectivity index (χ0v) is 31.9. The summed E-state index contributed by atoms with van der Waals surface area (Å²) in [6.07, 6.45) is 22.5. The third-order valence-corrected chi connectivity index (χ3v) is 9.32. The normalized spacial score (nSPS) is 14.3. The molecule has 0 rings (SSSR count). The Morgan fingerprint density at radius 3 is 1.35 bits per heavy atom. The van der Waals surface area contributed by atoms with Gasteiger partial charge >= 0.3 is 19.8 Å². The van der Waals surface area contributed by atoms with E-state index in [0.717, 1.165) is 50.4 Å². The maximum absolute atomic E-state index is 12.5. The van der Waals surface area contributed by atoms with E-state index in [4.69, 9.17) is 19.1 Å². The second-order valence-corrected chi connectivity index (χ2v) is 15.7. The van der Waals surface area contributed by atoms with Crippen molar-refractivity contribution in [3.8, 4) is 0 Å². The van der Waals surface area contributed by atoms with Crippen LogP contribution in [0, 0.1) is 11.8 Å². The van der Waals surface area contributed by atoms with Crippen LogP contribution in [-0.4, -0.2) is 65.7 Å². The molecule has 0 aromatic rings. The first-order chi connectivity index (χ1) is 22.9. The second-order valence-electron chi connectivity index (χ2n) is 14.3. The molecule has 0 aromatic heterocycles. The highest BCUT2D eigenvalue weighted by Gasteiger charge is 2.27. The van der Waals surface area contributed by atoms with E-state index in [2.05, 4.69) is 32.2 Å². The van der Waals surface area contributed by atoms with Gasteiger partial charge in [0.05, 0.1) is 19.8 Å². The predicted octanol–water partition coefficient (Wildman–Crippen LogP) is 9.21. The van der Waals surface area contributed by atoms with Crippen LogP contribution >= 0.6 is 7.82 Å². The third-order valence-electron chi connectivity index (χ3n) is 8.37. The summed E-state index contributed by atoms with van der Waals surface area (Å²) in [7, 11) is -4.60. The molecule has 0 bridgehead atoms. The molecule has 10 nitrogen and oxygen atoms in total. The first kappa shape index (κ1) is 47.0. The average Bonchev–Trinajstić information content (AvgIpc) is 3.03. The Morgan fingerprint density at radius 2 is 0.938 bits per heavy atom. The minimum absolute atomic E-state index is 0.189. The van der Waals surface area contributed by atoms with Crippen LogP contribution in [0.2, 0.25) is 0 Å². The lowest BCUT2D eigenvalue weighted by molar-refractivity contribution is -0.161. The first-order valence-electron chi connectivity index (χ1n) is 19.2. The number of phosphoric acid groups is 1. The molecule has 0 fully saturated rings. The molecule has 286 valence electrons. The summed E-state index contributed by atoms with van der Waals surface area (Å²) in [6.45, 7) is 6.94. The van der Waals surface area contributed by atoms with E-state index < -0.39 is 51.8 Å². The monoisotopic (exact) mass is 708 g/mol. The van der Waals surface area contributed by atoms with Crippen molar-refractivity contribution in [1.82, 2.24) is 0 Å². The lowest BCUT2D eigenvalue weighted by Crippen LogP contribution is -2.29. The van der Waals surface area contributed by atoms with E-state index in [1.807, 2.05) is 0 Å². The smallest absolute Gasteiger partial charge is 0.462 e. The number of ether oxygens (including phenoxy) is 2. The van der Waals surface area contributed by atoms with Crippen LogP contribution in [0.15, 0.2) is 0 Å². The number of hydrogen-bond donors (Lipinski definition) is 3. The number of hydrogen-bond acceptors (Lipinski definition) is 9. The molecule has 0 heterocycles. The number of carbonyl (C=O) groups excluding carboxylic acids is 2. The molecule has 11 heteroatoms. The molecule has 48 heavy (non-hydrogen) atoms. The number of phosphoric ester groups is 1. The average molecular weight is 709 g/mol. The van der Waals surface area contributed by atoms with E-state index in [9.17, 15) is 24.2 Å². The second kappa shape index (κ2) is 31.9. The molecule has 0 radical (unpaired) electrons. The molecule has 0 aliphatic carbocycles. The Bertz CT molecular complexity index is 807. The van der Waals surface area contributed by atoms with Crippen LogP contribution in [0.3, 0.4) is 0 Å². The Labute approximate surface area is 293 Å². The summed E-state index contributed by atoms with van der Waals surface area (Å²) < 4.78 is 32.5. The van der Waals surface area contributed by atoms with Gasteiger partial charge in [-0.1, -0.05) is 150 Å². The summed E-state index contributed by atoms with van der Waals surface area (Å²) in [4.78, 5) is 34.7. The Hall–Kier alpha value is -1.03. The van der Waals surface area contributed by atoms with Gasteiger partial charge in [-0.15, -0.1) is 0 Å². The highest BCUT2D eigenvalue weighted by molar-refractivity contribution is 7.47. The quantitative estimate of drug-likeness (QED) is 0.0330. The van der Waals surface area contributed by atoms with Crippen LogP contribution < -0.4 is 0 Å². The fourth-order valence-electron chi connectivity index (χ4n) is 5.36. The first-order valence-corrected chi connectivity index (χ1v) is 20.7. The van der Waals surface area contributed by atoms with Crippen molar-refractivity contribution in [3.63, 3.8) is 0 Å². The van der Waals surface area contributed by atoms with Crippen LogP contribution in [0.1, 0.15) is 175 Å². The fourth-order valence-corrected chi connectivity index (χ4v) is 6.15. The number of carbonyl (C=O) groups is 2. The third kappa shape index (κ3) is 33.5. The summed E-state index contributed by atoms with van der Waals surface area (Å²) in [6, 6.07) is 0. The molecule has 0 amide bonds. The van der Waals surface area contributed by atoms with Crippen LogP contribution in [-0.2, 0) is 32.7 Å². The van der Waals surface area contributed by atoms with E-state index in [1.54, 1.807) is 0 Å². The fraction of sp³-hybridized carbons (Fsp3) is 0.946. The van der Waals surface area contributed by atoms with Crippen molar-refractivity contribution < 1.29 is 47.8 Å². The van der Waals surface area contributed by atoms with Gasteiger partial charge in [-0.3, -0.25) is 18.6 Å². The van der Waals surface area contributed by atoms with Crippen molar-refractivity contribution in [1.29, 1.82) is 0 Å². The SMILES string of the molecule is CC(C)CCCCCCCCCCCCCCCC(=O)O[C@H](COC(=O)CCCCCCCCC(C)C)COP(=O)(O)OC[C@@H](O)CO. The molecular formula is C37H73O10P. The zero-order chi connectivity index (χ0) is 35.9. The molecule has 0 saturated carbocycles. The van der Waals surface area contributed by atoms with Gasteiger partial charge in [-0.05, 0) is 24.7 Å². The molecular weight excluding hydrogens is 635 g/mol. The number of esters is 2. The molecule has 0 aromatic carbocycles. The predicted molar refractivity (Wildman–Crippen MR) is 192 cm³/mol. The van der Waals surface area contributed by atoms with Crippen LogP contribution in [0.25, 0.3) is 0 Å². The van der Waals surface area contributed by atoms with Crippen LogP contribution in [0.5, 0.6) is 0 Å². The van der Waals surface area contributed by atoms with E-state index in [0.29, 0.717) is 12.8 Å². The number of aliphatic hydroxyl groups is 2. The minimum atomic E-state index is -4.60. The highest BCUT2D eigenvalue weighted by Crippen LogP contribution is 2.43. The standard InChI is InChI=1S/C37H73O10P/c1-32(2)24-20-16-12-10-8-6-5-7-9-11-13-19-23-27-37(41)47-35(31-46-48(42,43)45-29-34(39)28-38)30-44-36(40)26-22-18-15-14-17-21-25-33(3)4/h32-35,38-39H,5-31H2,1-4H3,(H,42,43)/t34-,35+/m0/s1. The van der Waals surface area contributed by atoms with Gasteiger partial charge < -0.3 is 24.6 Å². The molecule has 0 aliphatic rings. The van der Waals surface area contributed by atoms with Crippen molar-refractivity contribution >= 4 is 19.8 Å². The maximum atomic E-state index is 12.5. The van der Waals surface area contributed by atoms with Gasteiger partial charge in [-0.2, -0.15) is 0 Å². The highest BCUT2D eigenvalue weighted by atomic mass is 31.2. The molecule has 0 spiro atoms. The summed E-state index contributed by atoms with van der Waals surface area (Å²) in [5.41, 5.74) is 0. The zero-order valence-electron chi connectivity index (χ0n) is 31.0. The van der Waals surface area contributed by atoms with Crippen LogP contribution in [0.4, 0.5) is 0 Å². The Kier molecular flexibility index (Phi) is 31.2. The topological polar surface area (TPSA) is 149 Å². The van der Waals surface area contributed by atoms with Gasteiger partial charge in [0.1, 0.15) is 12.7 Å². The molecule has 0 saturated heterocycles. The molecule has 3 atom stereocenters. The van der Waals surface area contributed by atoms with Gasteiger partial charge in [0.25, 0.3) is 0 Å². The van der Waals surface area contributed by atoms with Gasteiger partial charge in [0, 0.05) is 12.8 Å². The number of aliphatic hydroxyl groups excluding tert-OH is 2. The number of rotatable bonds is 35. The van der Waals surface area contributed by atoms with Crippen molar-refractivity contribution in [2.45, 2.75) is 188 Å². The Balaban J connectivity index is 4.30. The van der Waals surface area contributed by atoms with E-state index in [1.165, 1.54) is 83.5 Å². The van der Waals surface area contributed by atoms with Crippen molar-refractivity contribution in [2.75, 3.05) is 26.4 Å². The molecule has 1 unspecified atom stereocenters. The summed E-state index contributed by atoms with van der Waals surface area (Å²) in [5.74, 6) is 0.617. The van der Waals surface area contributed by atoms with Gasteiger partial charge in [-0.25, -0.2) is 4.57 Å². The van der Waals surface area contributed by atoms with Crippen molar-refractivity contribution in [2.24, 2.45) is 11.8 Å². The van der Waals surface area contributed by atoms with Crippen molar-refractivity contribution in [3.05, 3.63) is 0 Å². The summed E-state index contributed by atoms with van der Waals surface area (Å²) in [5, 5.41) is 18.2. The van der Waals surface area contributed by atoms with Gasteiger partial charge in [0.15, 0.2) is 6.10 Å². The lowest BCUT2D eigenvalue weighted by atomic mass is 10.0. The largest absolute Gasteiger partial charge is 0.472 e.